The molecule has 0 bridgehead atoms. The minimum atomic E-state index is -0.944. The quantitative estimate of drug-likeness (QED) is 0.422. The van der Waals surface area contributed by atoms with E-state index in [1.165, 1.54) is 6.92 Å². The van der Waals surface area contributed by atoms with Crippen LogP contribution in [-0.2, 0) is 4.74 Å². The minimum absolute atomic E-state index is 0.108. The smallest absolute Gasteiger partial charge is 0.112 e. The Balaban J connectivity index is 2.49. The molecule has 60 valence electrons. The molecule has 0 radical (unpaired) electrons. The van der Waals surface area contributed by atoms with Crippen LogP contribution < -0.4 is 0 Å². The van der Waals surface area contributed by atoms with Gasteiger partial charge >= 0.3 is 0 Å². The summed E-state index contributed by atoms with van der Waals surface area (Å²) in [5.41, 5.74) is 0. The van der Waals surface area contributed by atoms with E-state index in [0.29, 0.717) is 0 Å². The second-order valence-corrected chi connectivity index (χ2v) is 2.60. The first-order valence-corrected chi connectivity index (χ1v) is 3.28. The molecule has 3 N–H and O–H groups in total. The molecule has 0 saturated carbocycles. The SMILES string of the molecule is CC(O)C1OC[C@H](O)[C@H]1O. The van der Waals surface area contributed by atoms with Gasteiger partial charge in [0.1, 0.15) is 18.3 Å². The molecule has 1 aliphatic heterocycles. The lowest BCUT2D eigenvalue weighted by Gasteiger charge is -2.16. The van der Waals surface area contributed by atoms with E-state index in [1.807, 2.05) is 0 Å². The van der Waals surface area contributed by atoms with Crippen LogP contribution >= 0.6 is 0 Å². The second kappa shape index (κ2) is 2.84. The Morgan fingerprint density at radius 2 is 2.10 bits per heavy atom. The van der Waals surface area contributed by atoms with Crippen LogP contribution in [0.3, 0.4) is 0 Å². The number of aliphatic hydroxyl groups is 3. The number of rotatable bonds is 1. The van der Waals surface area contributed by atoms with Crippen molar-refractivity contribution in [1.82, 2.24) is 0 Å². The average Bonchev–Trinajstić information content (AvgIpc) is 2.14. The molecule has 4 heteroatoms. The van der Waals surface area contributed by atoms with Crippen molar-refractivity contribution in [1.29, 1.82) is 0 Å². The molecule has 1 heterocycles. The molecular weight excluding hydrogens is 136 g/mol. The molecule has 0 aliphatic carbocycles. The van der Waals surface area contributed by atoms with Crippen molar-refractivity contribution in [2.75, 3.05) is 6.61 Å². The topological polar surface area (TPSA) is 69.9 Å². The Bertz CT molecular complexity index is 114. The predicted molar refractivity (Wildman–Crippen MR) is 33.4 cm³/mol. The number of hydrogen-bond acceptors (Lipinski definition) is 4. The molecule has 4 nitrogen and oxygen atoms in total. The van der Waals surface area contributed by atoms with Crippen molar-refractivity contribution < 1.29 is 20.1 Å². The summed E-state index contributed by atoms with van der Waals surface area (Å²) in [4.78, 5) is 0. The summed E-state index contributed by atoms with van der Waals surface area (Å²) in [6, 6.07) is 0. The summed E-state index contributed by atoms with van der Waals surface area (Å²) in [6.07, 6.45) is -3.15. The normalized spacial score (nSPS) is 43.8. The Hall–Kier alpha value is -0.160. The molecule has 1 saturated heterocycles. The average molecular weight is 148 g/mol. The van der Waals surface area contributed by atoms with Crippen molar-refractivity contribution in [2.45, 2.75) is 31.3 Å². The van der Waals surface area contributed by atoms with Gasteiger partial charge in [-0.25, -0.2) is 0 Å². The lowest BCUT2D eigenvalue weighted by molar-refractivity contribution is -0.0429. The van der Waals surface area contributed by atoms with Gasteiger partial charge in [-0.05, 0) is 6.92 Å². The van der Waals surface area contributed by atoms with Gasteiger partial charge in [0.2, 0.25) is 0 Å². The zero-order chi connectivity index (χ0) is 7.72. The highest BCUT2D eigenvalue weighted by atomic mass is 16.5. The standard InChI is InChI=1S/C6H12O4/c1-3(7)6-5(9)4(8)2-10-6/h3-9H,2H2,1H3/t3?,4-,5+,6?/m0/s1. The Labute approximate surface area is 59.1 Å². The van der Waals surface area contributed by atoms with Crippen LogP contribution in [0.1, 0.15) is 6.92 Å². The lowest BCUT2D eigenvalue weighted by Crippen LogP contribution is -2.36. The van der Waals surface area contributed by atoms with Gasteiger partial charge in [-0.2, -0.15) is 0 Å². The summed E-state index contributed by atoms with van der Waals surface area (Å²) in [7, 11) is 0. The third-order valence-electron chi connectivity index (χ3n) is 1.67. The van der Waals surface area contributed by atoms with Crippen LogP contribution in [0, 0.1) is 0 Å². The van der Waals surface area contributed by atoms with E-state index in [2.05, 4.69) is 0 Å². The fourth-order valence-electron chi connectivity index (χ4n) is 1.05. The monoisotopic (exact) mass is 148 g/mol. The molecule has 0 aromatic rings. The Morgan fingerprint density at radius 3 is 2.30 bits per heavy atom. The van der Waals surface area contributed by atoms with E-state index in [1.54, 1.807) is 0 Å². The third-order valence-corrected chi connectivity index (χ3v) is 1.67. The van der Waals surface area contributed by atoms with E-state index >= 15 is 0 Å². The molecule has 0 aromatic carbocycles. The van der Waals surface area contributed by atoms with E-state index in [9.17, 15) is 0 Å². The maximum Gasteiger partial charge on any atom is 0.112 e. The van der Waals surface area contributed by atoms with Crippen LogP contribution in [0.25, 0.3) is 0 Å². The van der Waals surface area contributed by atoms with Crippen LogP contribution in [0.4, 0.5) is 0 Å². The van der Waals surface area contributed by atoms with Gasteiger partial charge < -0.3 is 20.1 Å². The summed E-state index contributed by atoms with van der Waals surface area (Å²) < 4.78 is 4.89. The van der Waals surface area contributed by atoms with Crippen LogP contribution in [-0.4, -0.2) is 46.3 Å². The van der Waals surface area contributed by atoms with Gasteiger partial charge in [-0.15, -0.1) is 0 Å². The molecule has 0 aromatic heterocycles. The lowest BCUT2D eigenvalue weighted by atomic mass is 10.1. The maximum atomic E-state index is 9.09. The largest absolute Gasteiger partial charge is 0.391 e. The van der Waals surface area contributed by atoms with Crippen LogP contribution in [0.2, 0.25) is 0 Å². The summed E-state index contributed by atoms with van der Waals surface area (Å²) in [5, 5.41) is 27.0. The van der Waals surface area contributed by atoms with Crippen molar-refractivity contribution in [3.05, 3.63) is 0 Å². The Morgan fingerprint density at radius 1 is 1.50 bits per heavy atom. The highest BCUT2D eigenvalue weighted by Crippen LogP contribution is 2.16. The fraction of sp³-hybridized carbons (Fsp3) is 1.00. The van der Waals surface area contributed by atoms with Gasteiger partial charge in [0.15, 0.2) is 0 Å². The van der Waals surface area contributed by atoms with Crippen LogP contribution in [0.15, 0.2) is 0 Å². The highest BCUT2D eigenvalue weighted by Gasteiger charge is 2.37. The summed E-state index contributed by atoms with van der Waals surface area (Å²) in [6.45, 7) is 1.63. The molecule has 4 atom stereocenters. The molecule has 1 aliphatic rings. The van der Waals surface area contributed by atoms with Crippen LogP contribution in [0.5, 0.6) is 0 Å². The molecule has 0 spiro atoms. The molecule has 0 amide bonds. The third kappa shape index (κ3) is 1.29. The van der Waals surface area contributed by atoms with E-state index in [4.69, 9.17) is 20.1 Å². The zero-order valence-corrected chi connectivity index (χ0v) is 5.77. The molecule has 10 heavy (non-hydrogen) atoms. The van der Waals surface area contributed by atoms with Gasteiger partial charge in [-0.1, -0.05) is 0 Å². The van der Waals surface area contributed by atoms with Gasteiger partial charge in [0, 0.05) is 0 Å². The van der Waals surface area contributed by atoms with Gasteiger partial charge in [0.25, 0.3) is 0 Å². The first-order chi connectivity index (χ1) is 4.63. The molecule has 1 rings (SSSR count). The number of aliphatic hydroxyl groups excluding tert-OH is 3. The van der Waals surface area contributed by atoms with Crippen molar-refractivity contribution in [3.8, 4) is 0 Å². The molecule has 1 fully saturated rings. The van der Waals surface area contributed by atoms with Gasteiger partial charge in [-0.3, -0.25) is 0 Å². The number of ether oxygens (including phenoxy) is 1. The predicted octanol–water partition coefficient (Wildman–Crippen LogP) is -1.51. The van der Waals surface area contributed by atoms with E-state index in [0.717, 1.165) is 0 Å². The molecular formula is C6H12O4. The fourth-order valence-corrected chi connectivity index (χ4v) is 1.05. The molecule has 2 unspecified atom stereocenters. The first-order valence-electron chi connectivity index (χ1n) is 3.28. The van der Waals surface area contributed by atoms with Gasteiger partial charge in [0.05, 0.1) is 12.7 Å². The number of hydrogen-bond donors (Lipinski definition) is 3. The zero-order valence-electron chi connectivity index (χ0n) is 5.77. The highest BCUT2D eigenvalue weighted by molar-refractivity contribution is 4.85. The maximum absolute atomic E-state index is 9.09. The van der Waals surface area contributed by atoms with Crippen molar-refractivity contribution in [2.24, 2.45) is 0 Å². The van der Waals surface area contributed by atoms with E-state index in [-0.39, 0.29) is 6.61 Å². The van der Waals surface area contributed by atoms with E-state index < -0.39 is 24.4 Å². The summed E-state index contributed by atoms with van der Waals surface area (Å²) in [5.74, 6) is 0. The van der Waals surface area contributed by atoms with Crippen molar-refractivity contribution >= 4 is 0 Å². The first kappa shape index (κ1) is 7.94. The second-order valence-electron chi connectivity index (χ2n) is 2.60. The van der Waals surface area contributed by atoms with Crippen molar-refractivity contribution in [3.63, 3.8) is 0 Å². The Kier molecular flexibility index (Phi) is 2.25. The summed E-state index contributed by atoms with van der Waals surface area (Å²) >= 11 is 0. The minimum Gasteiger partial charge on any atom is -0.391 e.